The summed E-state index contributed by atoms with van der Waals surface area (Å²) in [5, 5.41) is 6.94. The predicted octanol–water partition coefficient (Wildman–Crippen LogP) is 2.56. The van der Waals surface area contributed by atoms with Crippen LogP contribution < -0.4 is 15.4 Å². The molecule has 6 heteroatoms. The third-order valence-corrected chi connectivity index (χ3v) is 5.34. The summed E-state index contributed by atoms with van der Waals surface area (Å²) in [5.41, 5.74) is 1.25. The molecule has 0 atom stereocenters. The number of nitrogens with one attached hydrogen (secondary N) is 2. The zero-order chi connectivity index (χ0) is 20.4. The molecule has 1 saturated heterocycles. The van der Waals surface area contributed by atoms with E-state index in [1.165, 1.54) is 32.4 Å². The molecule has 0 spiro atoms. The number of piperidine rings is 1. The monoisotopic (exact) mass is 389 g/mol. The minimum atomic E-state index is 0.116. The molecule has 1 aliphatic heterocycles. The molecule has 2 rings (SSSR count). The number of benzene rings is 1. The third kappa shape index (κ3) is 7.32. The maximum atomic E-state index is 5.96. The Kier molecular flexibility index (Phi) is 9.06. The summed E-state index contributed by atoms with van der Waals surface area (Å²) < 4.78 is 5.96. The van der Waals surface area contributed by atoms with Crippen LogP contribution in [0.3, 0.4) is 0 Å². The van der Waals surface area contributed by atoms with Crippen LogP contribution in [0.2, 0.25) is 0 Å². The Morgan fingerprint density at radius 3 is 2.54 bits per heavy atom. The highest BCUT2D eigenvalue weighted by atomic mass is 16.5. The molecule has 1 heterocycles. The van der Waals surface area contributed by atoms with Gasteiger partial charge in [-0.3, -0.25) is 9.89 Å². The molecule has 1 aliphatic rings. The largest absolute Gasteiger partial charge is 0.492 e. The number of hydrogen-bond acceptors (Lipinski definition) is 4. The molecule has 0 unspecified atom stereocenters. The van der Waals surface area contributed by atoms with Gasteiger partial charge in [0.2, 0.25) is 0 Å². The standard InChI is InChI=1S/C22H39N5O/c1-22(2,27-13-9-6-10-14-27)18-25-21(23-3)24-17-19-11-7-8-12-20(19)28-16-15-26(4)5/h7-8,11-12H,6,9-10,13-18H2,1-5H3,(H2,23,24,25). The minimum Gasteiger partial charge on any atom is -0.492 e. The lowest BCUT2D eigenvalue weighted by molar-refractivity contribution is 0.0982. The van der Waals surface area contributed by atoms with E-state index in [0.717, 1.165) is 30.4 Å². The molecule has 6 nitrogen and oxygen atoms in total. The molecule has 1 aromatic rings. The Morgan fingerprint density at radius 2 is 1.86 bits per heavy atom. The van der Waals surface area contributed by atoms with Crippen molar-refractivity contribution in [2.75, 3.05) is 53.9 Å². The van der Waals surface area contributed by atoms with Gasteiger partial charge < -0.3 is 20.3 Å². The van der Waals surface area contributed by atoms with Crippen LogP contribution in [-0.4, -0.2) is 75.2 Å². The van der Waals surface area contributed by atoms with Crippen LogP contribution in [0.1, 0.15) is 38.7 Å². The molecule has 0 radical (unpaired) electrons. The zero-order valence-corrected chi connectivity index (χ0v) is 18.4. The minimum absolute atomic E-state index is 0.116. The number of nitrogens with zero attached hydrogens (tertiary/aromatic N) is 3. The maximum Gasteiger partial charge on any atom is 0.191 e. The molecule has 1 fully saturated rings. The van der Waals surface area contributed by atoms with Crippen molar-refractivity contribution in [3.63, 3.8) is 0 Å². The first kappa shape index (κ1) is 22.5. The second-order valence-electron chi connectivity index (χ2n) is 8.40. The average molecular weight is 390 g/mol. The average Bonchev–Trinajstić information content (AvgIpc) is 2.69. The van der Waals surface area contributed by atoms with Crippen molar-refractivity contribution in [3.05, 3.63) is 29.8 Å². The van der Waals surface area contributed by atoms with Crippen LogP contribution in [-0.2, 0) is 6.54 Å². The highest BCUT2D eigenvalue weighted by Crippen LogP contribution is 2.20. The Hall–Kier alpha value is -1.79. The summed E-state index contributed by atoms with van der Waals surface area (Å²) in [6, 6.07) is 8.19. The van der Waals surface area contributed by atoms with E-state index in [1.807, 2.05) is 25.2 Å². The van der Waals surface area contributed by atoms with Crippen LogP contribution in [0.5, 0.6) is 5.75 Å². The molecule has 28 heavy (non-hydrogen) atoms. The lowest BCUT2D eigenvalue weighted by Crippen LogP contribution is -2.54. The summed E-state index contributed by atoms with van der Waals surface area (Å²) in [4.78, 5) is 9.10. The maximum absolute atomic E-state index is 5.96. The summed E-state index contributed by atoms with van der Waals surface area (Å²) >= 11 is 0. The van der Waals surface area contributed by atoms with Crippen LogP contribution >= 0.6 is 0 Å². The smallest absolute Gasteiger partial charge is 0.191 e. The Morgan fingerprint density at radius 1 is 1.14 bits per heavy atom. The fourth-order valence-corrected chi connectivity index (χ4v) is 3.44. The quantitative estimate of drug-likeness (QED) is 0.502. The number of guanidine groups is 1. The van der Waals surface area contributed by atoms with E-state index >= 15 is 0 Å². The normalized spacial score (nSPS) is 16.3. The topological polar surface area (TPSA) is 52.1 Å². The molecular weight excluding hydrogens is 350 g/mol. The van der Waals surface area contributed by atoms with Crippen LogP contribution in [0, 0.1) is 0 Å². The molecule has 0 aromatic heterocycles. The molecule has 0 saturated carbocycles. The van der Waals surface area contributed by atoms with E-state index < -0.39 is 0 Å². The van der Waals surface area contributed by atoms with Gasteiger partial charge in [-0.25, -0.2) is 0 Å². The number of ether oxygens (including phenoxy) is 1. The number of likely N-dealkylation sites (N-methyl/N-ethyl adjacent to an activating group) is 1. The highest BCUT2D eigenvalue weighted by Gasteiger charge is 2.27. The van der Waals surface area contributed by atoms with E-state index in [-0.39, 0.29) is 5.54 Å². The van der Waals surface area contributed by atoms with Gasteiger partial charge in [-0.15, -0.1) is 0 Å². The lowest BCUT2D eigenvalue weighted by atomic mass is 9.98. The van der Waals surface area contributed by atoms with Crippen molar-refractivity contribution >= 4 is 5.96 Å². The van der Waals surface area contributed by atoms with Gasteiger partial charge in [0, 0.05) is 37.8 Å². The van der Waals surface area contributed by atoms with Gasteiger partial charge >= 0.3 is 0 Å². The van der Waals surface area contributed by atoms with Crippen molar-refractivity contribution in [1.29, 1.82) is 0 Å². The van der Waals surface area contributed by atoms with Gasteiger partial charge in [0.25, 0.3) is 0 Å². The van der Waals surface area contributed by atoms with Crippen molar-refractivity contribution in [2.24, 2.45) is 4.99 Å². The molecule has 0 bridgehead atoms. The molecule has 0 amide bonds. The first-order valence-corrected chi connectivity index (χ1v) is 10.5. The molecule has 2 N–H and O–H groups in total. The summed E-state index contributed by atoms with van der Waals surface area (Å²) in [7, 11) is 5.93. The third-order valence-electron chi connectivity index (χ3n) is 5.34. The summed E-state index contributed by atoms with van der Waals surface area (Å²) in [5.74, 6) is 1.76. The van der Waals surface area contributed by atoms with E-state index in [1.54, 1.807) is 0 Å². The van der Waals surface area contributed by atoms with Gasteiger partial charge in [0.05, 0.1) is 0 Å². The molecule has 158 valence electrons. The fourth-order valence-electron chi connectivity index (χ4n) is 3.44. The van der Waals surface area contributed by atoms with Crippen LogP contribution in [0.15, 0.2) is 29.3 Å². The van der Waals surface area contributed by atoms with Crippen LogP contribution in [0.4, 0.5) is 0 Å². The summed E-state index contributed by atoms with van der Waals surface area (Å²) in [6.07, 6.45) is 3.97. The Bertz CT molecular complexity index is 609. The predicted molar refractivity (Wildman–Crippen MR) is 118 cm³/mol. The Labute approximate surface area is 171 Å². The SMILES string of the molecule is CN=C(NCc1ccccc1OCCN(C)C)NCC(C)(C)N1CCCCC1. The van der Waals surface area contributed by atoms with Gasteiger partial charge in [0.15, 0.2) is 5.96 Å². The van der Waals surface area contributed by atoms with E-state index in [0.29, 0.717) is 13.2 Å². The fraction of sp³-hybridized carbons (Fsp3) is 0.682. The zero-order valence-electron chi connectivity index (χ0n) is 18.4. The van der Waals surface area contributed by atoms with E-state index in [9.17, 15) is 0 Å². The van der Waals surface area contributed by atoms with Crippen LogP contribution in [0.25, 0.3) is 0 Å². The highest BCUT2D eigenvalue weighted by molar-refractivity contribution is 5.79. The van der Waals surface area contributed by atoms with Crippen molar-refractivity contribution in [3.8, 4) is 5.75 Å². The van der Waals surface area contributed by atoms with E-state index in [2.05, 4.69) is 59.4 Å². The van der Waals surface area contributed by atoms with Crippen molar-refractivity contribution in [1.82, 2.24) is 20.4 Å². The first-order valence-electron chi connectivity index (χ1n) is 10.5. The molecular formula is C22H39N5O. The van der Waals surface area contributed by atoms with Gasteiger partial charge in [-0.2, -0.15) is 0 Å². The molecule has 0 aliphatic carbocycles. The van der Waals surface area contributed by atoms with Gasteiger partial charge in [-0.1, -0.05) is 24.6 Å². The summed E-state index contributed by atoms with van der Waals surface area (Å²) in [6.45, 7) is 10.1. The number of hydrogen-bond donors (Lipinski definition) is 2. The van der Waals surface area contributed by atoms with Gasteiger partial charge in [-0.05, 0) is 59.9 Å². The second-order valence-corrected chi connectivity index (χ2v) is 8.40. The molecule has 1 aromatic carbocycles. The van der Waals surface area contributed by atoms with E-state index in [4.69, 9.17) is 4.74 Å². The van der Waals surface area contributed by atoms with Crippen molar-refractivity contribution < 1.29 is 4.74 Å². The Balaban J connectivity index is 1.85. The van der Waals surface area contributed by atoms with Gasteiger partial charge in [0.1, 0.15) is 12.4 Å². The number of para-hydroxylation sites is 1. The second kappa shape index (κ2) is 11.3. The number of aliphatic imine (C=N–C) groups is 1. The first-order chi connectivity index (χ1) is 13.4. The lowest BCUT2D eigenvalue weighted by Gasteiger charge is -2.41. The van der Waals surface area contributed by atoms with Crippen molar-refractivity contribution in [2.45, 2.75) is 45.2 Å². The number of likely N-dealkylation sites (tertiary alicyclic amines) is 1. The number of rotatable bonds is 9.